The number of thioether (sulfide) groups is 1. The van der Waals surface area contributed by atoms with E-state index < -0.39 is 9.84 Å². The summed E-state index contributed by atoms with van der Waals surface area (Å²) in [6, 6.07) is 3.19. The minimum atomic E-state index is -3.09. The topological polar surface area (TPSA) is 114 Å². The molecule has 0 spiro atoms. The van der Waals surface area contributed by atoms with Crippen molar-refractivity contribution < 1.29 is 13.2 Å². The molecule has 2 aliphatic rings. The molecule has 26 heavy (non-hydrogen) atoms. The number of nitrogens with one attached hydrogen (secondary N) is 2. The van der Waals surface area contributed by atoms with Gasteiger partial charge in [-0.05, 0) is 19.4 Å². The van der Waals surface area contributed by atoms with E-state index in [4.69, 9.17) is 0 Å². The van der Waals surface area contributed by atoms with Crippen molar-refractivity contribution in [1.29, 1.82) is 0 Å². The van der Waals surface area contributed by atoms with Gasteiger partial charge < -0.3 is 10.3 Å². The van der Waals surface area contributed by atoms with Gasteiger partial charge in [-0.1, -0.05) is 6.07 Å². The maximum atomic E-state index is 12.3. The molecule has 4 rings (SSSR count). The lowest BCUT2D eigenvalue weighted by Crippen LogP contribution is -2.20. The number of aromatic amines is 1. The average molecular weight is 394 g/mol. The van der Waals surface area contributed by atoms with Crippen LogP contribution >= 0.6 is 11.8 Å². The van der Waals surface area contributed by atoms with Gasteiger partial charge in [0.2, 0.25) is 5.91 Å². The molecular formula is C16H18N4O4S2. The third-order valence-corrected chi connectivity index (χ3v) is 7.72. The number of anilines is 1. The summed E-state index contributed by atoms with van der Waals surface area (Å²) in [7, 11) is -3.09. The van der Waals surface area contributed by atoms with Gasteiger partial charge in [0.15, 0.2) is 9.84 Å². The number of pyridine rings is 1. The smallest absolute Gasteiger partial charge is 0.252 e. The van der Waals surface area contributed by atoms with Crippen LogP contribution in [0.4, 0.5) is 5.82 Å². The van der Waals surface area contributed by atoms with E-state index in [0.29, 0.717) is 23.5 Å². The van der Waals surface area contributed by atoms with Gasteiger partial charge in [0.25, 0.3) is 5.56 Å². The lowest BCUT2D eigenvalue weighted by atomic mass is 10.1. The lowest BCUT2D eigenvalue weighted by Gasteiger charge is -2.16. The molecule has 2 atom stereocenters. The van der Waals surface area contributed by atoms with E-state index in [9.17, 15) is 18.0 Å². The molecular weight excluding hydrogens is 376 g/mol. The van der Waals surface area contributed by atoms with E-state index in [0.717, 1.165) is 5.56 Å². The number of sulfone groups is 1. The van der Waals surface area contributed by atoms with E-state index in [1.807, 2.05) is 6.92 Å². The highest BCUT2D eigenvalue weighted by atomic mass is 32.2. The Morgan fingerprint density at radius 3 is 2.85 bits per heavy atom. The zero-order chi connectivity index (χ0) is 18.5. The van der Waals surface area contributed by atoms with Crippen LogP contribution in [0.25, 0.3) is 0 Å². The molecule has 0 unspecified atom stereocenters. The predicted molar refractivity (Wildman–Crippen MR) is 99.3 cm³/mol. The number of amides is 1. The molecule has 10 heteroatoms. The van der Waals surface area contributed by atoms with Gasteiger partial charge in [0.05, 0.1) is 34.2 Å². The van der Waals surface area contributed by atoms with Gasteiger partial charge in [-0.15, -0.1) is 11.8 Å². The van der Waals surface area contributed by atoms with Crippen molar-refractivity contribution >= 4 is 33.3 Å². The number of aromatic nitrogens is 3. The number of aryl methyl sites for hydroxylation is 1. The number of hydrogen-bond donors (Lipinski definition) is 2. The van der Waals surface area contributed by atoms with Crippen molar-refractivity contribution in [3.63, 3.8) is 0 Å². The van der Waals surface area contributed by atoms with Crippen molar-refractivity contribution in [2.24, 2.45) is 0 Å². The number of nitrogens with zero attached hydrogens (tertiary/aromatic N) is 2. The standard InChI is InChI=1S/C16H18N4O4S2/c1-9-13-14(11-3-2-5-17-16(11)22)25-7-12(21)18-15(13)20(19-9)10-4-6-26(23,24)8-10/h2-3,5,10,14H,4,6-8H2,1H3,(H,17,22)(H,18,21)/t10-,14-/m1/s1. The minimum Gasteiger partial charge on any atom is -0.329 e. The number of carbonyl (C=O) groups is 1. The third kappa shape index (κ3) is 2.96. The number of carbonyl (C=O) groups excluding carboxylic acids is 1. The fraction of sp³-hybridized carbons (Fsp3) is 0.438. The Labute approximate surface area is 154 Å². The second-order valence-corrected chi connectivity index (χ2v) is 9.87. The summed E-state index contributed by atoms with van der Waals surface area (Å²) in [6.45, 7) is 1.82. The van der Waals surface area contributed by atoms with Crippen LogP contribution in [0.2, 0.25) is 0 Å². The summed E-state index contributed by atoms with van der Waals surface area (Å²) in [5, 5.41) is 7.06. The van der Waals surface area contributed by atoms with E-state index >= 15 is 0 Å². The summed E-state index contributed by atoms with van der Waals surface area (Å²) < 4.78 is 25.4. The Morgan fingerprint density at radius 1 is 1.35 bits per heavy atom. The second kappa shape index (κ2) is 6.27. The van der Waals surface area contributed by atoms with Crippen molar-refractivity contribution in [2.45, 2.75) is 24.6 Å². The van der Waals surface area contributed by atoms with Gasteiger partial charge >= 0.3 is 0 Å². The first-order valence-corrected chi connectivity index (χ1v) is 11.1. The zero-order valence-electron chi connectivity index (χ0n) is 14.1. The molecule has 138 valence electrons. The SMILES string of the molecule is Cc1nn([C@@H]2CCS(=O)(=O)C2)c2c1[C@@H](c1ccc[nH]c1=O)SCC(=O)N2. The first-order valence-electron chi connectivity index (χ1n) is 8.24. The van der Waals surface area contributed by atoms with Crippen LogP contribution in [0.5, 0.6) is 0 Å². The Hall–Kier alpha value is -2.07. The molecule has 0 saturated carbocycles. The van der Waals surface area contributed by atoms with E-state index in [1.54, 1.807) is 23.0 Å². The molecule has 1 saturated heterocycles. The molecule has 0 aliphatic carbocycles. The fourth-order valence-electron chi connectivity index (χ4n) is 3.53. The highest BCUT2D eigenvalue weighted by molar-refractivity contribution is 8.00. The quantitative estimate of drug-likeness (QED) is 0.786. The Kier molecular flexibility index (Phi) is 4.19. The van der Waals surface area contributed by atoms with Crippen molar-refractivity contribution in [1.82, 2.24) is 14.8 Å². The molecule has 1 amide bonds. The van der Waals surface area contributed by atoms with E-state index in [1.165, 1.54) is 11.8 Å². The third-order valence-electron chi connectivity index (χ3n) is 4.72. The lowest BCUT2D eigenvalue weighted by molar-refractivity contribution is -0.113. The molecule has 0 aromatic carbocycles. The Morgan fingerprint density at radius 2 is 2.15 bits per heavy atom. The van der Waals surface area contributed by atoms with Gasteiger partial charge in [-0.2, -0.15) is 5.10 Å². The van der Waals surface area contributed by atoms with Gasteiger partial charge in [-0.25, -0.2) is 13.1 Å². The number of H-pyrrole nitrogens is 1. The van der Waals surface area contributed by atoms with E-state index in [-0.39, 0.29) is 40.0 Å². The fourth-order valence-corrected chi connectivity index (χ4v) is 6.42. The van der Waals surface area contributed by atoms with Gasteiger partial charge in [-0.3, -0.25) is 9.59 Å². The molecule has 0 bridgehead atoms. The summed E-state index contributed by atoms with van der Waals surface area (Å²) in [4.78, 5) is 27.2. The molecule has 4 heterocycles. The largest absolute Gasteiger partial charge is 0.329 e. The Bertz CT molecular complexity index is 1040. The summed E-state index contributed by atoms with van der Waals surface area (Å²) in [5.41, 5.74) is 1.80. The average Bonchev–Trinajstić information content (AvgIpc) is 3.03. The van der Waals surface area contributed by atoms with Crippen molar-refractivity contribution in [3.05, 3.63) is 45.5 Å². The summed E-state index contributed by atoms with van der Waals surface area (Å²) in [5.74, 6) is 0.660. The van der Waals surface area contributed by atoms with Crippen LogP contribution in [0, 0.1) is 6.92 Å². The molecule has 2 N–H and O–H groups in total. The number of rotatable bonds is 2. The van der Waals surface area contributed by atoms with Crippen molar-refractivity contribution in [2.75, 3.05) is 22.6 Å². The van der Waals surface area contributed by atoms with E-state index in [2.05, 4.69) is 15.4 Å². The van der Waals surface area contributed by atoms with Crippen LogP contribution < -0.4 is 10.9 Å². The summed E-state index contributed by atoms with van der Waals surface area (Å²) >= 11 is 1.37. The second-order valence-electron chi connectivity index (χ2n) is 6.54. The Balaban J connectivity index is 1.86. The number of hydrogen-bond acceptors (Lipinski definition) is 6. The first-order chi connectivity index (χ1) is 12.4. The van der Waals surface area contributed by atoms with Crippen LogP contribution in [-0.4, -0.2) is 46.3 Å². The zero-order valence-corrected chi connectivity index (χ0v) is 15.7. The highest BCUT2D eigenvalue weighted by Crippen LogP contribution is 2.43. The summed E-state index contributed by atoms with van der Waals surface area (Å²) in [6.07, 6.45) is 2.03. The maximum absolute atomic E-state index is 12.3. The maximum Gasteiger partial charge on any atom is 0.252 e. The normalized spacial score (nSPS) is 24.7. The number of fused-ring (bicyclic) bond motifs is 1. The van der Waals surface area contributed by atoms with Crippen LogP contribution in [-0.2, 0) is 14.6 Å². The van der Waals surface area contributed by atoms with Gasteiger partial charge in [0, 0.05) is 17.3 Å². The predicted octanol–water partition coefficient (Wildman–Crippen LogP) is 1.01. The molecule has 0 radical (unpaired) electrons. The molecule has 1 fully saturated rings. The minimum absolute atomic E-state index is 0.0140. The van der Waals surface area contributed by atoms with Crippen LogP contribution in [0.3, 0.4) is 0 Å². The van der Waals surface area contributed by atoms with Crippen LogP contribution in [0.15, 0.2) is 23.1 Å². The molecule has 2 aliphatic heterocycles. The monoisotopic (exact) mass is 394 g/mol. The van der Waals surface area contributed by atoms with Crippen LogP contribution in [0.1, 0.15) is 34.5 Å². The highest BCUT2D eigenvalue weighted by Gasteiger charge is 2.36. The first kappa shape index (κ1) is 17.3. The molecule has 8 nitrogen and oxygen atoms in total. The molecule has 2 aromatic heterocycles. The van der Waals surface area contributed by atoms with Gasteiger partial charge in [0.1, 0.15) is 5.82 Å². The van der Waals surface area contributed by atoms with Crippen molar-refractivity contribution in [3.8, 4) is 0 Å². The molecule has 2 aromatic rings.